The summed E-state index contributed by atoms with van der Waals surface area (Å²) in [5, 5.41) is 4.54. The van der Waals surface area contributed by atoms with Crippen LogP contribution in [-0.4, -0.2) is 18.1 Å². The van der Waals surface area contributed by atoms with Crippen LogP contribution in [0.25, 0.3) is 0 Å². The highest BCUT2D eigenvalue weighted by molar-refractivity contribution is 7.12. The third kappa shape index (κ3) is 1.61. The average Bonchev–Trinajstić information content (AvgIpc) is 2.77. The molecule has 1 aromatic rings. The first-order chi connectivity index (χ1) is 7.28. The highest BCUT2D eigenvalue weighted by Crippen LogP contribution is 2.35. The zero-order chi connectivity index (χ0) is 10.3. The molecule has 0 bridgehead atoms. The molecule has 0 saturated carbocycles. The second-order valence-electron chi connectivity index (χ2n) is 4.65. The van der Waals surface area contributed by atoms with E-state index in [1.165, 1.54) is 34.8 Å². The van der Waals surface area contributed by atoms with Crippen molar-refractivity contribution in [1.82, 2.24) is 10.3 Å². The molecule has 0 amide bonds. The molecule has 1 fully saturated rings. The zero-order valence-electron chi connectivity index (χ0n) is 8.88. The summed E-state index contributed by atoms with van der Waals surface area (Å²) in [6.45, 7) is 2.06. The average molecular weight is 223 g/mol. The van der Waals surface area contributed by atoms with E-state index < -0.39 is 0 Å². The number of hydrogen-bond acceptors (Lipinski definition) is 4. The van der Waals surface area contributed by atoms with Crippen LogP contribution in [0.3, 0.4) is 0 Å². The van der Waals surface area contributed by atoms with E-state index in [0.29, 0.717) is 0 Å². The summed E-state index contributed by atoms with van der Waals surface area (Å²) in [6, 6.07) is 0. The normalized spacial score (nSPS) is 24.1. The first-order valence-corrected chi connectivity index (χ1v) is 6.58. The standard InChI is InChI=1S/C11H17N3S/c12-11(4-6-13-7-5-11)10-14-8-2-1-3-9(8)15-10/h13H,1-7,12H2. The highest BCUT2D eigenvalue weighted by atomic mass is 32.1. The molecule has 1 aliphatic heterocycles. The van der Waals surface area contributed by atoms with Crippen LogP contribution in [0.2, 0.25) is 0 Å². The van der Waals surface area contributed by atoms with Gasteiger partial charge in [0.2, 0.25) is 0 Å². The Balaban J connectivity index is 1.91. The van der Waals surface area contributed by atoms with Crippen molar-refractivity contribution >= 4 is 11.3 Å². The summed E-state index contributed by atoms with van der Waals surface area (Å²) in [6.07, 6.45) is 5.73. The van der Waals surface area contributed by atoms with Crippen molar-refractivity contribution in [1.29, 1.82) is 0 Å². The number of piperidine rings is 1. The van der Waals surface area contributed by atoms with Crippen molar-refractivity contribution in [3.63, 3.8) is 0 Å². The molecule has 3 nitrogen and oxygen atoms in total. The smallest absolute Gasteiger partial charge is 0.113 e. The quantitative estimate of drug-likeness (QED) is 0.751. The minimum absolute atomic E-state index is 0.139. The predicted molar refractivity (Wildman–Crippen MR) is 62.1 cm³/mol. The van der Waals surface area contributed by atoms with Crippen molar-refractivity contribution < 1.29 is 0 Å². The van der Waals surface area contributed by atoms with E-state index in [0.717, 1.165) is 25.9 Å². The Morgan fingerprint density at radius 3 is 2.80 bits per heavy atom. The maximum absolute atomic E-state index is 6.45. The Kier molecular flexibility index (Phi) is 2.30. The minimum Gasteiger partial charge on any atom is -0.319 e. The number of rotatable bonds is 1. The Bertz CT molecular complexity index is 344. The van der Waals surface area contributed by atoms with Crippen LogP contribution in [-0.2, 0) is 18.4 Å². The van der Waals surface area contributed by atoms with Gasteiger partial charge in [0, 0.05) is 4.88 Å². The summed E-state index contributed by atoms with van der Waals surface area (Å²) in [7, 11) is 0. The van der Waals surface area contributed by atoms with Gasteiger partial charge < -0.3 is 11.1 Å². The number of nitrogens with two attached hydrogens (primary N) is 1. The van der Waals surface area contributed by atoms with Crippen molar-refractivity contribution in [2.45, 2.75) is 37.6 Å². The third-order valence-corrected chi connectivity index (χ3v) is 4.89. The van der Waals surface area contributed by atoms with Crippen LogP contribution in [0.1, 0.15) is 34.8 Å². The third-order valence-electron chi connectivity index (χ3n) is 3.52. The summed E-state index contributed by atoms with van der Waals surface area (Å²) < 4.78 is 0. The van der Waals surface area contributed by atoms with Gasteiger partial charge in [0.25, 0.3) is 0 Å². The van der Waals surface area contributed by atoms with Crippen LogP contribution in [0.5, 0.6) is 0 Å². The molecule has 0 atom stereocenters. The Hall–Kier alpha value is -0.450. The lowest BCUT2D eigenvalue weighted by atomic mass is 9.90. The molecular formula is C11H17N3S. The SMILES string of the molecule is NC1(c2nc3c(s2)CCC3)CCNCC1. The van der Waals surface area contributed by atoms with Crippen molar-refractivity contribution in [2.75, 3.05) is 13.1 Å². The van der Waals surface area contributed by atoms with E-state index in [1.807, 2.05) is 11.3 Å². The summed E-state index contributed by atoms with van der Waals surface area (Å²) in [4.78, 5) is 6.25. The van der Waals surface area contributed by atoms with Gasteiger partial charge in [-0.25, -0.2) is 4.98 Å². The summed E-state index contributed by atoms with van der Waals surface area (Å²) >= 11 is 1.86. The number of hydrogen-bond donors (Lipinski definition) is 2. The van der Waals surface area contributed by atoms with Crippen LogP contribution in [0, 0.1) is 0 Å². The Labute approximate surface area is 94.1 Å². The van der Waals surface area contributed by atoms with Crippen LogP contribution >= 0.6 is 11.3 Å². The largest absolute Gasteiger partial charge is 0.319 e. The van der Waals surface area contributed by atoms with Gasteiger partial charge in [0.15, 0.2) is 0 Å². The first kappa shape index (κ1) is 9.75. The molecule has 2 aliphatic rings. The number of aryl methyl sites for hydroxylation is 2. The summed E-state index contributed by atoms with van der Waals surface area (Å²) in [5.74, 6) is 0. The Morgan fingerprint density at radius 2 is 2.07 bits per heavy atom. The number of nitrogens with one attached hydrogen (secondary N) is 1. The first-order valence-electron chi connectivity index (χ1n) is 5.77. The van der Waals surface area contributed by atoms with Gasteiger partial charge in [-0.2, -0.15) is 0 Å². The van der Waals surface area contributed by atoms with Crippen LogP contribution in [0.4, 0.5) is 0 Å². The fourth-order valence-corrected chi connectivity index (χ4v) is 3.80. The van der Waals surface area contributed by atoms with Crippen molar-refractivity contribution in [3.05, 3.63) is 15.6 Å². The monoisotopic (exact) mass is 223 g/mol. The number of nitrogens with zero attached hydrogens (tertiary/aromatic N) is 1. The van der Waals surface area contributed by atoms with E-state index in [9.17, 15) is 0 Å². The topological polar surface area (TPSA) is 50.9 Å². The molecule has 0 spiro atoms. The van der Waals surface area contributed by atoms with Gasteiger partial charge in [-0.05, 0) is 45.2 Å². The molecule has 1 aliphatic carbocycles. The van der Waals surface area contributed by atoms with Crippen LogP contribution in [0.15, 0.2) is 0 Å². The number of fused-ring (bicyclic) bond motifs is 1. The molecule has 3 rings (SSSR count). The highest BCUT2D eigenvalue weighted by Gasteiger charge is 2.34. The fraction of sp³-hybridized carbons (Fsp3) is 0.727. The lowest BCUT2D eigenvalue weighted by Gasteiger charge is -2.31. The zero-order valence-corrected chi connectivity index (χ0v) is 9.70. The Morgan fingerprint density at radius 1 is 1.27 bits per heavy atom. The maximum atomic E-state index is 6.45. The number of thiazole rings is 1. The molecule has 0 radical (unpaired) electrons. The van der Waals surface area contributed by atoms with E-state index in [-0.39, 0.29) is 5.54 Å². The number of aromatic nitrogens is 1. The summed E-state index contributed by atoms with van der Waals surface area (Å²) in [5.41, 5.74) is 7.64. The second kappa shape index (κ2) is 3.54. The molecule has 0 unspecified atom stereocenters. The van der Waals surface area contributed by atoms with Gasteiger partial charge in [0.05, 0.1) is 11.2 Å². The molecule has 15 heavy (non-hydrogen) atoms. The molecular weight excluding hydrogens is 206 g/mol. The van der Waals surface area contributed by atoms with E-state index in [1.54, 1.807) is 0 Å². The van der Waals surface area contributed by atoms with Crippen molar-refractivity contribution in [3.8, 4) is 0 Å². The molecule has 4 heteroatoms. The second-order valence-corrected chi connectivity index (χ2v) is 5.73. The molecule has 1 saturated heterocycles. The maximum Gasteiger partial charge on any atom is 0.113 e. The van der Waals surface area contributed by atoms with Gasteiger partial charge in [0.1, 0.15) is 5.01 Å². The fourth-order valence-electron chi connectivity index (χ4n) is 2.49. The van der Waals surface area contributed by atoms with Gasteiger partial charge in [-0.3, -0.25) is 0 Å². The van der Waals surface area contributed by atoms with Gasteiger partial charge >= 0.3 is 0 Å². The lowest BCUT2D eigenvalue weighted by Crippen LogP contribution is -2.46. The van der Waals surface area contributed by atoms with Crippen LogP contribution < -0.4 is 11.1 Å². The molecule has 2 heterocycles. The predicted octanol–water partition coefficient (Wildman–Crippen LogP) is 1.17. The van der Waals surface area contributed by atoms with E-state index in [4.69, 9.17) is 10.7 Å². The van der Waals surface area contributed by atoms with Crippen molar-refractivity contribution in [2.24, 2.45) is 5.73 Å². The van der Waals surface area contributed by atoms with Gasteiger partial charge in [-0.1, -0.05) is 0 Å². The van der Waals surface area contributed by atoms with E-state index in [2.05, 4.69) is 5.32 Å². The van der Waals surface area contributed by atoms with Gasteiger partial charge in [-0.15, -0.1) is 11.3 Å². The molecule has 3 N–H and O–H groups in total. The molecule has 0 aromatic carbocycles. The van der Waals surface area contributed by atoms with E-state index >= 15 is 0 Å². The molecule has 82 valence electrons. The minimum atomic E-state index is -0.139. The lowest BCUT2D eigenvalue weighted by molar-refractivity contribution is 0.316. The molecule has 1 aromatic heterocycles.